The van der Waals surface area contributed by atoms with Crippen molar-refractivity contribution in [2.75, 3.05) is 0 Å². The van der Waals surface area contributed by atoms with E-state index in [-0.39, 0.29) is 11.6 Å². The van der Waals surface area contributed by atoms with Crippen LogP contribution in [0.2, 0.25) is 0 Å². The minimum absolute atomic E-state index is 0.166. The molecular weight excluding hydrogens is 324 g/mol. The number of rotatable bonds is 2. The van der Waals surface area contributed by atoms with Crippen LogP contribution in [-0.2, 0) is 14.3 Å². The average molecular weight is 350 g/mol. The van der Waals surface area contributed by atoms with E-state index in [9.17, 15) is 9.59 Å². The molecule has 26 heavy (non-hydrogen) atoms. The van der Waals surface area contributed by atoms with Crippen molar-refractivity contribution in [1.82, 2.24) is 0 Å². The molecule has 1 fully saturated rings. The van der Waals surface area contributed by atoms with Crippen molar-refractivity contribution in [1.29, 1.82) is 0 Å². The predicted molar refractivity (Wildman–Crippen MR) is 103 cm³/mol. The third-order valence-electron chi connectivity index (χ3n) is 5.21. The van der Waals surface area contributed by atoms with Crippen LogP contribution in [0.15, 0.2) is 42.5 Å². The van der Waals surface area contributed by atoms with Crippen LogP contribution >= 0.6 is 0 Å². The van der Waals surface area contributed by atoms with Gasteiger partial charge in [-0.2, -0.15) is 0 Å². The number of hydrogen-bond donors (Lipinski definition) is 0. The zero-order valence-corrected chi connectivity index (χ0v) is 16.3. The quantitative estimate of drug-likeness (QED) is 0.732. The highest BCUT2D eigenvalue weighted by Gasteiger charge is 2.53. The topological polar surface area (TPSA) is 43.4 Å². The molecular formula is C23H26O3. The molecule has 0 amide bonds. The van der Waals surface area contributed by atoms with Crippen LogP contribution in [0.5, 0.6) is 0 Å². The van der Waals surface area contributed by atoms with Gasteiger partial charge in [0.05, 0.1) is 0 Å². The van der Waals surface area contributed by atoms with Crippen molar-refractivity contribution in [3.8, 4) is 11.1 Å². The van der Waals surface area contributed by atoms with E-state index in [1.807, 2.05) is 32.0 Å². The SMILES string of the molecule is Cc1cc(-c2ccccc2)cc(C)c1C1C(=O)C(C)(C)OC(C)(C)C1=O. The highest BCUT2D eigenvalue weighted by atomic mass is 16.5. The van der Waals surface area contributed by atoms with E-state index in [0.717, 1.165) is 27.8 Å². The van der Waals surface area contributed by atoms with Crippen molar-refractivity contribution in [2.45, 2.75) is 58.7 Å². The molecule has 0 unspecified atom stereocenters. The standard InChI is InChI=1S/C23H26O3/c1-14-12-17(16-10-8-7-9-11-16)13-15(2)18(14)19-20(24)22(3,4)26-23(5,6)21(19)25/h7-13,19H,1-6H3. The van der Waals surface area contributed by atoms with Crippen molar-refractivity contribution < 1.29 is 14.3 Å². The first-order valence-electron chi connectivity index (χ1n) is 9.00. The number of aryl methyl sites for hydroxylation is 2. The van der Waals surface area contributed by atoms with Gasteiger partial charge in [-0.3, -0.25) is 9.59 Å². The number of ether oxygens (including phenoxy) is 1. The summed E-state index contributed by atoms with van der Waals surface area (Å²) in [5.41, 5.74) is 2.99. The second kappa shape index (κ2) is 6.17. The maximum atomic E-state index is 13.1. The van der Waals surface area contributed by atoms with Gasteiger partial charge in [0.2, 0.25) is 0 Å². The Morgan fingerprint density at radius 1 is 0.769 bits per heavy atom. The summed E-state index contributed by atoms with van der Waals surface area (Å²) in [5.74, 6) is -1.11. The van der Waals surface area contributed by atoms with Crippen LogP contribution in [0.3, 0.4) is 0 Å². The van der Waals surface area contributed by atoms with Crippen molar-refractivity contribution in [3.63, 3.8) is 0 Å². The van der Waals surface area contributed by atoms with E-state index in [2.05, 4.69) is 24.3 Å². The Morgan fingerprint density at radius 2 is 1.23 bits per heavy atom. The summed E-state index contributed by atoms with van der Waals surface area (Å²) >= 11 is 0. The first-order chi connectivity index (χ1) is 12.0. The monoisotopic (exact) mass is 350 g/mol. The van der Waals surface area contributed by atoms with Crippen LogP contribution < -0.4 is 0 Å². The Balaban J connectivity index is 2.14. The Morgan fingerprint density at radius 3 is 1.69 bits per heavy atom. The lowest BCUT2D eigenvalue weighted by Crippen LogP contribution is -2.58. The molecule has 0 atom stereocenters. The Bertz CT molecular complexity index is 827. The number of carbonyl (C=O) groups is 2. The van der Waals surface area contributed by atoms with E-state index >= 15 is 0 Å². The summed E-state index contributed by atoms with van der Waals surface area (Å²) < 4.78 is 5.81. The predicted octanol–water partition coefficient (Wildman–Crippen LogP) is 4.78. The fourth-order valence-electron chi connectivity index (χ4n) is 4.04. The van der Waals surface area contributed by atoms with Gasteiger partial charge in [-0.15, -0.1) is 0 Å². The van der Waals surface area contributed by atoms with Crippen LogP contribution in [0.25, 0.3) is 11.1 Å². The van der Waals surface area contributed by atoms with Crippen molar-refractivity contribution in [2.24, 2.45) is 0 Å². The number of ketones is 2. The molecule has 1 aliphatic heterocycles. The Hall–Kier alpha value is -2.26. The maximum Gasteiger partial charge on any atom is 0.179 e. The molecule has 3 nitrogen and oxygen atoms in total. The van der Waals surface area contributed by atoms with Crippen molar-refractivity contribution >= 4 is 11.6 Å². The third-order valence-corrected chi connectivity index (χ3v) is 5.21. The number of hydrogen-bond acceptors (Lipinski definition) is 3. The van der Waals surface area contributed by atoms with Crippen LogP contribution in [0.4, 0.5) is 0 Å². The molecule has 0 spiro atoms. The van der Waals surface area contributed by atoms with Gasteiger partial charge in [-0.1, -0.05) is 42.5 Å². The fraction of sp³-hybridized carbons (Fsp3) is 0.391. The molecule has 1 saturated heterocycles. The van der Waals surface area contributed by atoms with Gasteiger partial charge in [0.25, 0.3) is 0 Å². The van der Waals surface area contributed by atoms with Gasteiger partial charge >= 0.3 is 0 Å². The molecule has 0 radical (unpaired) electrons. The lowest BCUT2D eigenvalue weighted by molar-refractivity contribution is -0.184. The molecule has 0 N–H and O–H groups in total. The van der Waals surface area contributed by atoms with E-state index < -0.39 is 17.1 Å². The van der Waals surface area contributed by atoms with E-state index in [1.165, 1.54) is 0 Å². The molecule has 3 rings (SSSR count). The molecule has 0 aliphatic carbocycles. The molecule has 1 aliphatic rings. The summed E-state index contributed by atoms with van der Waals surface area (Å²) in [4.78, 5) is 26.1. The fourth-order valence-corrected chi connectivity index (χ4v) is 4.04. The molecule has 0 bridgehead atoms. The molecule has 0 saturated carbocycles. The highest BCUT2D eigenvalue weighted by Crippen LogP contribution is 2.41. The molecule has 1 heterocycles. The number of Topliss-reactive ketones (excluding diaryl/α,β-unsaturated/α-hetero) is 2. The second-order valence-corrected chi connectivity index (χ2v) is 8.17. The number of carbonyl (C=O) groups excluding carboxylic acids is 2. The minimum atomic E-state index is -0.987. The summed E-state index contributed by atoms with van der Waals surface area (Å²) in [7, 11) is 0. The zero-order chi connectivity index (χ0) is 19.3. The Kier molecular flexibility index (Phi) is 4.40. The van der Waals surface area contributed by atoms with Gasteiger partial charge in [-0.25, -0.2) is 0 Å². The smallest absolute Gasteiger partial charge is 0.179 e. The number of benzene rings is 2. The third kappa shape index (κ3) is 3.01. The molecule has 2 aromatic rings. The molecule has 0 aromatic heterocycles. The summed E-state index contributed by atoms with van der Waals surface area (Å²) in [6.45, 7) is 11.0. The van der Waals surface area contributed by atoms with Crippen LogP contribution in [0, 0.1) is 13.8 Å². The van der Waals surface area contributed by atoms with E-state index in [4.69, 9.17) is 4.74 Å². The lowest BCUT2D eigenvalue weighted by atomic mass is 9.72. The maximum absolute atomic E-state index is 13.1. The average Bonchev–Trinajstić information content (AvgIpc) is 2.55. The van der Waals surface area contributed by atoms with Gasteiger partial charge in [0.1, 0.15) is 17.1 Å². The summed E-state index contributed by atoms with van der Waals surface area (Å²) in [5, 5.41) is 0. The van der Waals surface area contributed by atoms with E-state index in [1.54, 1.807) is 27.7 Å². The molecule has 3 heteroatoms. The summed E-state index contributed by atoms with van der Waals surface area (Å²) in [6, 6.07) is 14.2. The highest BCUT2D eigenvalue weighted by molar-refractivity contribution is 6.15. The van der Waals surface area contributed by atoms with Crippen molar-refractivity contribution in [3.05, 3.63) is 59.2 Å². The first kappa shape index (κ1) is 18.5. The largest absolute Gasteiger partial charge is 0.354 e. The van der Waals surface area contributed by atoms with Gasteiger partial charge in [0.15, 0.2) is 11.6 Å². The van der Waals surface area contributed by atoms with Gasteiger partial charge in [0, 0.05) is 0 Å². The molecule has 2 aromatic carbocycles. The summed E-state index contributed by atoms with van der Waals surface area (Å²) in [6.07, 6.45) is 0. The van der Waals surface area contributed by atoms with Crippen LogP contribution in [-0.4, -0.2) is 22.8 Å². The minimum Gasteiger partial charge on any atom is -0.354 e. The second-order valence-electron chi connectivity index (χ2n) is 8.17. The Labute approximate surface area is 155 Å². The zero-order valence-electron chi connectivity index (χ0n) is 16.3. The lowest BCUT2D eigenvalue weighted by Gasteiger charge is -2.43. The van der Waals surface area contributed by atoms with Gasteiger partial charge in [-0.05, 0) is 69.4 Å². The van der Waals surface area contributed by atoms with E-state index in [0.29, 0.717) is 0 Å². The first-order valence-corrected chi connectivity index (χ1v) is 9.00. The van der Waals surface area contributed by atoms with Crippen LogP contribution in [0.1, 0.15) is 50.3 Å². The van der Waals surface area contributed by atoms with Gasteiger partial charge < -0.3 is 4.74 Å². The molecule has 136 valence electrons. The normalized spacial score (nSPS) is 19.6.